The van der Waals surface area contributed by atoms with E-state index in [0.717, 1.165) is 0 Å². The van der Waals surface area contributed by atoms with Crippen molar-refractivity contribution in [2.45, 2.75) is 19.1 Å². The molecule has 1 aromatic carbocycles. The van der Waals surface area contributed by atoms with Crippen molar-refractivity contribution in [1.29, 1.82) is 0 Å². The van der Waals surface area contributed by atoms with Crippen LogP contribution in [-0.4, -0.2) is 31.0 Å². The largest absolute Gasteiger partial charge is 0.496 e. The molecule has 0 radical (unpaired) electrons. The molecule has 0 amide bonds. The van der Waals surface area contributed by atoms with E-state index in [9.17, 15) is 4.79 Å². The van der Waals surface area contributed by atoms with Crippen LogP contribution in [0.5, 0.6) is 11.5 Å². The molecule has 0 aliphatic carbocycles. The van der Waals surface area contributed by atoms with Gasteiger partial charge >= 0.3 is 0 Å². The van der Waals surface area contributed by atoms with Crippen LogP contribution < -0.4 is 9.47 Å². The zero-order chi connectivity index (χ0) is 12.8. The molecule has 1 aromatic rings. The van der Waals surface area contributed by atoms with E-state index in [4.69, 9.17) is 9.47 Å². The second kappa shape index (κ2) is 6.55. The summed E-state index contributed by atoms with van der Waals surface area (Å²) in [7, 11) is 3.11. The van der Waals surface area contributed by atoms with Gasteiger partial charge in [0.05, 0.1) is 20.0 Å². The minimum Gasteiger partial charge on any atom is -0.496 e. The Hall–Kier alpha value is -1.16. The number of thioether (sulfide) groups is 1. The normalized spacial score (nSPS) is 10.4. The Bertz CT molecular complexity index is 366. The highest BCUT2D eigenvalue weighted by atomic mass is 32.2. The molecule has 0 fully saturated rings. The van der Waals surface area contributed by atoms with Crippen LogP contribution in [0.2, 0.25) is 0 Å². The molecule has 4 heteroatoms. The number of hydrogen-bond donors (Lipinski definition) is 0. The summed E-state index contributed by atoms with van der Waals surface area (Å²) >= 11 is 1.61. The van der Waals surface area contributed by atoms with Gasteiger partial charge in [0, 0.05) is 0 Å². The molecule has 1 rings (SSSR count). The summed E-state index contributed by atoms with van der Waals surface area (Å²) in [5, 5.41) is 0.430. The zero-order valence-electron chi connectivity index (χ0n) is 10.6. The first-order valence-electron chi connectivity index (χ1n) is 5.46. The Morgan fingerprint density at radius 3 is 2.18 bits per heavy atom. The van der Waals surface area contributed by atoms with Crippen molar-refractivity contribution in [2.75, 3.05) is 20.0 Å². The Morgan fingerprint density at radius 1 is 1.24 bits per heavy atom. The van der Waals surface area contributed by atoms with Crippen molar-refractivity contribution in [3.8, 4) is 11.5 Å². The van der Waals surface area contributed by atoms with Crippen LogP contribution in [0.4, 0.5) is 0 Å². The first kappa shape index (κ1) is 13.9. The number of carbonyl (C=O) groups excluding carboxylic acids is 1. The second-order valence-corrected chi connectivity index (χ2v) is 5.39. The highest BCUT2D eigenvalue weighted by Crippen LogP contribution is 2.29. The standard InChI is InChI=1S/C13H18O3S/c1-9(2)17-8-10(14)13-11(15-3)6-5-7-12(13)16-4/h5-7,9H,8H2,1-4H3. The van der Waals surface area contributed by atoms with Crippen molar-refractivity contribution in [2.24, 2.45) is 0 Å². The molecule has 0 aromatic heterocycles. The van der Waals surface area contributed by atoms with Gasteiger partial charge in [-0.3, -0.25) is 4.79 Å². The van der Waals surface area contributed by atoms with Crippen LogP contribution >= 0.6 is 11.8 Å². The lowest BCUT2D eigenvalue weighted by molar-refractivity contribution is 0.101. The lowest BCUT2D eigenvalue weighted by Gasteiger charge is -2.12. The van der Waals surface area contributed by atoms with Gasteiger partial charge in [0.1, 0.15) is 17.1 Å². The van der Waals surface area contributed by atoms with Crippen LogP contribution in [0, 0.1) is 0 Å². The number of ether oxygens (including phenoxy) is 2. The number of methoxy groups -OCH3 is 2. The third-order valence-electron chi connectivity index (χ3n) is 2.25. The lowest BCUT2D eigenvalue weighted by Crippen LogP contribution is -2.09. The van der Waals surface area contributed by atoms with Gasteiger partial charge in [-0.1, -0.05) is 19.9 Å². The maximum absolute atomic E-state index is 12.1. The van der Waals surface area contributed by atoms with Crippen LogP contribution in [0.15, 0.2) is 18.2 Å². The Kier molecular flexibility index (Phi) is 5.35. The van der Waals surface area contributed by atoms with Crippen LogP contribution in [0.1, 0.15) is 24.2 Å². The van der Waals surface area contributed by atoms with Crippen LogP contribution in [0.3, 0.4) is 0 Å². The smallest absolute Gasteiger partial charge is 0.180 e. The van der Waals surface area contributed by atoms with Gasteiger partial charge in [0.2, 0.25) is 0 Å². The fourth-order valence-corrected chi connectivity index (χ4v) is 2.07. The van der Waals surface area contributed by atoms with Crippen molar-refractivity contribution in [3.63, 3.8) is 0 Å². The molecule has 0 saturated heterocycles. The quantitative estimate of drug-likeness (QED) is 0.731. The number of Topliss-reactive ketones (excluding diaryl/α,β-unsaturated/α-hetero) is 1. The predicted octanol–water partition coefficient (Wildman–Crippen LogP) is 3.03. The molecule has 0 N–H and O–H groups in total. The molecule has 0 unspecified atom stereocenters. The number of carbonyl (C=O) groups is 1. The van der Waals surface area contributed by atoms with Gasteiger partial charge in [-0.05, 0) is 17.4 Å². The van der Waals surface area contributed by atoms with E-state index >= 15 is 0 Å². The molecule has 94 valence electrons. The fourth-order valence-electron chi connectivity index (χ4n) is 1.44. The average molecular weight is 254 g/mol. The molecule has 0 heterocycles. The number of hydrogen-bond acceptors (Lipinski definition) is 4. The molecular weight excluding hydrogens is 236 g/mol. The van der Waals surface area contributed by atoms with E-state index in [1.165, 1.54) is 0 Å². The molecule has 0 bridgehead atoms. The number of rotatable bonds is 6. The highest BCUT2D eigenvalue weighted by molar-refractivity contribution is 8.00. The molecule has 0 aliphatic rings. The average Bonchev–Trinajstić information content (AvgIpc) is 2.34. The second-order valence-electron chi connectivity index (χ2n) is 3.82. The first-order chi connectivity index (χ1) is 8.10. The number of benzene rings is 1. The monoisotopic (exact) mass is 254 g/mol. The van der Waals surface area contributed by atoms with Gasteiger partial charge in [0.15, 0.2) is 5.78 Å². The van der Waals surface area contributed by atoms with Gasteiger partial charge in [-0.2, -0.15) is 11.8 Å². The molecule has 17 heavy (non-hydrogen) atoms. The third kappa shape index (κ3) is 3.66. The fraction of sp³-hybridized carbons (Fsp3) is 0.462. The summed E-state index contributed by atoms with van der Waals surface area (Å²) in [6.07, 6.45) is 0. The van der Waals surface area contributed by atoms with Crippen molar-refractivity contribution >= 4 is 17.5 Å². The molecule has 0 aliphatic heterocycles. The van der Waals surface area contributed by atoms with Gasteiger partial charge < -0.3 is 9.47 Å². The Labute approximate surface area is 106 Å². The maximum Gasteiger partial charge on any atom is 0.180 e. The van der Waals surface area contributed by atoms with Gasteiger partial charge in [0.25, 0.3) is 0 Å². The zero-order valence-corrected chi connectivity index (χ0v) is 11.5. The molecule has 0 atom stereocenters. The summed E-state index contributed by atoms with van der Waals surface area (Å²) in [6, 6.07) is 5.36. The third-order valence-corrected chi connectivity index (χ3v) is 3.35. The molecular formula is C13H18O3S. The van der Waals surface area contributed by atoms with E-state index in [1.807, 2.05) is 6.07 Å². The first-order valence-corrected chi connectivity index (χ1v) is 6.50. The van der Waals surface area contributed by atoms with E-state index in [0.29, 0.717) is 28.1 Å². The van der Waals surface area contributed by atoms with Gasteiger partial charge in [-0.15, -0.1) is 0 Å². The predicted molar refractivity (Wildman–Crippen MR) is 71.5 cm³/mol. The van der Waals surface area contributed by atoms with Gasteiger partial charge in [-0.25, -0.2) is 0 Å². The van der Waals surface area contributed by atoms with E-state index in [1.54, 1.807) is 38.1 Å². The van der Waals surface area contributed by atoms with Crippen molar-refractivity contribution in [3.05, 3.63) is 23.8 Å². The summed E-state index contributed by atoms with van der Waals surface area (Å²) in [6.45, 7) is 4.13. The van der Waals surface area contributed by atoms with Crippen LogP contribution in [-0.2, 0) is 0 Å². The van der Waals surface area contributed by atoms with Crippen LogP contribution in [0.25, 0.3) is 0 Å². The molecule has 0 saturated carbocycles. The Balaban J connectivity index is 2.97. The topological polar surface area (TPSA) is 35.5 Å². The van der Waals surface area contributed by atoms with Crippen molar-refractivity contribution in [1.82, 2.24) is 0 Å². The van der Waals surface area contributed by atoms with E-state index < -0.39 is 0 Å². The van der Waals surface area contributed by atoms with E-state index in [-0.39, 0.29) is 5.78 Å². The molecule has 0 spiro atoms. The summed E-state index contributed by atoms with van der Waals surface area (Å²) in [4.78, 5) is 12.1. The minimum absolute atomic E-state index is 0.0398. The maximum atomic E-state index is 12.1. The lowest BCUT2D eigenvalue weighted by atomic mass is 10.1. The Morgan fingerprint density at radius 2 is 1.76 bits per heavy atom. The number of ketones is 1. The van der Waals surface area contributed by atoms with Crippen molar-refractivity contribution < 1.29 is 14.3 Å². The van der Waals surface area contributed by atoms with E-state index in [2.05, 4.69) is 13.8 Å². The summed E-state index contributed by atoms with van der Waals surface area (Å²) in [5.41, 5.74) is 0.533. The summed E-state index contributed by atoms with van der Waals surface area (Å²) < 4.78 is 10.4. The minimum atomic E-state index is 0.0398. The SMILES string of the molecule is COc1cccc(OC)c1C(=O)CSC(C)C. The highest BCUT2D eigenvalue weighted by Gasteiger charge is 2.18. The summed E-state index contributed by atoms with van der Waals surface area (Å²) in [5.74, 6) is 1.62. The molecule has 3 nitrogen and oxygen atoms in total.